The van der Waals surface area contributed by atoms with Crippen LogP contribution in [-0.2, 0) is 5.41 Å². The van der Waals surface area contributed by atoms with Crippen molar-refractivity contribution in [2.45, 2.75) is 26.2 Å². The van der Waals surface area contributed by atoms with Gasteiger partial charge >= 0.3 is 0 Å². The first-order valence-corrected chi connectivity index (χ1v) is 5.73. The molecule has 2 rings (SSSR count). The van der Waals surface area contributed by atoms with Gasteiger partial charge in [0.2, 0.25) is 0 Å². The number of benzene rings is 1. The van der Waals surface area contributed by atoms with E-state index in [0.717, 1.165) is 11.4 Å². The molecule has 0 bridgehead atoms. The Balaban J connectivity index is 2.40. The zero-order valence-corrected chi connectivity index (χ0v) is 10.8. The Hall–Kier alpha value is -1.48. The minimum Gasteiger partial charge on any atom is -0.506 e. The van der Waals surface area contributed by atoms with Crippen molar-refractivity contribution in [2.24, 2.45) is 0 Å². The molecule has 1 radical (unpaired) electrons. The van der Waals surface area contributed by atoms with Crippen LogP contribution in [0.5, 0.6) is 5.75 Å². The standard InChI is InChI=1S/C13H14ClN2O/c1-13(2,3)12-6-7-16(15-12)9-4-5-11(17)10(14)8-9/h4-6,8,17H,1-3H3. The van der Waals surface area contributed by atoms with Gasteiger partial charge in [-0.25, -0.2) is 4.68 Å². The fourth-order valence-electron chi connectivity index (χ4n) is 1.41. The number of halogens is 1. The lowest BCUT2D eigenvalue weighted by Gasteiger charge is -2.14. The summed E-state index contributed by atoms with van der Waals surface area (Å²) in [6, 6.07) is 6.81. The summed E-state index contributed by atoms with van der Waals surface area (Å²) in [6.07, 6.45) is 3.04. The van der Waals surface area contributed by atoms with Gasteiger partial charge in [-0.1, -0.05) is 32.4 Å². The van der Waals surface area contributed by atoms with Crippen molar-refractivity contribution in [1.82, 2.24) is 9.78 Å². The zero-order chi connectivity index (χ0) is 12.6. The molecule has 89 valence electrons. The van der Waals surface area contributed by atoms with E-state index in [1.54, 1.807) is 22.9 Å². The molecule has 0 amide bonds. The summed E-state index contributed by atoms with van der Waals surface area (Å²) in [7, 11) is 0. The normalized spacial score (nSPS) is 11.8. The van der Waals surface area contributed by atoms with Crippen molar-refractivity contribution >= 4 is 11.6 Å². The fourth-order valence-corrected chi connectivity index (χ4v) is 1.59. The van der Waals surface area contributed by atoms with Gasteiger partial charge in [0.25, 0.3) is 0 Å². The Morgan fingerprint density at radius 3 is 2.59 bits per heavy atom. The van der Waals surface area contributed by atoms with Gasteiger partial charge in [-0.3, -0.25) is 0 Å². The molecule has 0 atom stereocenters. The molecule has 0 fully saturated rings. The highest BCUT2D eigenvalue weighted by Gasteiger charge is 2.17. The average Bonchev–Trinajstić information content (AvgIpc) is 2.70. The number of phenolic OH excluding ortho intramolecular Hbond substituents is 1. The third-order valence-electron chi connectivity index (χ3n) is 2.48. The van der Waals surface area contributed by atoms with Gasteiger partial charge in [-0.05, 0) is 24.3 Å². The lowest BCUT2D eigenvalue weighted by molar-refractivity contribution is 0.475. The Labute approximate surface area is 106 Å². The largest absolute Gasteiger partial charge is 0.506 e. The zero-order valence-electron chi connectivity index (χ0n) is 10.0. The summed E-state index contributed by atoms with van der Waals surface area (Å²) in [4.78, 5) is 0. The number of hydrogen-bond acceptors (Lipinski definition) is 2. The fraction of sp³-hybridized carbons (Fsp3) is 0.308. The number of hydrogen-bond donors (Lipinski definition) is 1. The number of nitrogens with zero attached hydrogens (tertiary/aromatic N) is 2. The van der Waals surface area contributed by atoms with Crippen molar-refractivity contribution in [3.8, 4) is 11.4 Å². The lowest BCUT2D eigenvalue weighted by Crippen LogP contribution is -2.12. The van der Waals surface area contributed by atoms with Gasteiger partial charge in [-0.15, -0.1) is 0 Å². The molecule has 1 aromatic carbocycles. The maximum atomic E-state index is 9.35. The molecule has 0 aliphatic heterocycles. The molecule has 3 nitrogen and oxygen atoms in total. The Kier molecular flexibility index (Phi) is 2.87. The highest BCUT2D eigenvalue weighted by Crippen LogP contribution is 2.26. The maximum Gasteiger partial charge on any atom is 0.134 e. The van der Waals surface area contributed by atoms with Crippen LogP contribution in [0.4, 0.5) is 0 Å². The van der Waals surface area contributed by atoms with E-state index in [1.165, 1.54) is 0 Å². The molecular formula is C13H14ClN2O. The SMILES string of the molecule is CC(C)(C)c1c[c]n(-c2ccc(O)c(Cl)c2)n1. The van der Waals surface area contributed by atoms with Crippen LogP contribution in [0.1, 0.15) is 26.5 Å². The smallest absolute Gasteiger partial charge is 0.134 e. The van der Waals surface area contributed by atoms with Crippen LogP contribution >= 0.6 is 11.6 Å². The first-order chi connectivity index (χ1) is 7.88. The molecule has 2 aromatic rings. The minimum atomic E-state index is -0.0114. The van der Waals surface area contributed by atoms with Gasteiger partial charge in [-0.2, -0.15) is 5.10 Å². The molecule has 4 heteroatoms. The van der Waals surface area contributed by atoms with E-state index in [1.807, 2.05) is 6.07 Å². The number of phenols is 1. The van der Waals surface area contributed by atoms with Crippen molar-refractivity contribution in [3.05, 3.63) is 41.2 Å². The summed E-state index contributed by atoms with van der Waals surface area (Å²) in [6.45, 7) is 6.28. The lowest BCUT2D eigenvalue weighted by atomic mass is 9.93. The van der Waals surface area contributed by atoms with E-state index >= 15 is 0 Å². The first-order valence-electron chi connectivity index (χ1n) is 5.35. The molecule has 0 unspecified atom stereocenters. The molecule has 0 saturated heterocycles. The minimum absolute atomic E-state index is 0.0114. The van der Waals surface area contributed by atoms with E-state index in [4.69, 9.17) is 11.6 Å². The van der Waals surface area contributed by atoms with Gasteiger partial charge in [0.15, 0.2) is 0 Å². The Morgan fingerprint density at radius 2 is 2.06 bits per heavy atom. The average molecular weight is 250 g/mol. The number of aromatic hydroxyl groups is 1. The molecule has 1 aromatic heterocycles. The molecule has 0 saturated carbocycles. The van der Waals surface area contributed by atoms with Crippen molar-refractivity contribution in [2.75, 3.05) is 0 Å². The summed E-state index contributed by atoms with van der Waals surface area (Å²) in [5.41, 5.74) is 1.73. The topological polar surface area (TPSA) is 38.0 Å². The molecule has 17 heavy (non-hydrogen) atoms. The van der Waals surface area contributed by atoms with Crippen LogP contribution in [0, 0.1) is 6.20 Å². The number of rotatable bonds is 1. The predicted octanol–water partition coefficient (Wildman–Crippen LogP) is 3.33. The third kappa shape index (κ3) is 2.44. The Bertz CT molecular complexity index is 541. The summed E-state index contributed by atoms with van der Waals surface area (Å²) >= 11 is 5.86. The molecular weight excluding hydrogens is 236 g/mol. The second-order valence-electron chi connectivity index (χ2n) is 4.96. The molecule has 1 heterocycles. The van der Waals surface area contributed by atoms with Crippen LogP contribution in [0.15, 0.2) is 24.3 Å². The van der Waals surface area contributed by atoms with E-state index in [2.05, 4.69) is 32.1 Å². The van der Waals surface area contributed by atoms with E-state index in [0.29, 0.717) is 5.02 Å². The summed E-state index contributed by atoms with van der Waals surface area (Å²) in [5.74, 6) is 0.0682. The quantitative estimate of drug-likeness (QED) is 0.842. The van der Waals surface area contributed by atoms with Crippen molar-refractivity contribution < 1.29 is 5.11 Å². The van der Waals surface area contributed by atoms with Gasteiger partial charge in [0.1, 0.15) is 5.75 Å². The third-order valence-corrected chi connectivity index (χ3v) is 2.78. The van der Waals surface area contributed by atoms with E-state index in [9.17, 15) is 5.11 Å². The van der Waals surface area contributed by atoms with Crippen LogP contribution in [0.25, 0.3) is 5.69 Å². The molecule has 0 aliphatic carbocycles. The second-order valence-corrected chi connectivity index (χ2v) is 5.36. The predicted molar refractivity (Wildman–Crippen MR) is 67.8 cm³/mol. The van der Waals surface area contributed by atoms with Crippen molar-refractivity contribution in [3.63, 3.8) is 0 Å². The Morgan fingerprint density at radius 1 is 1.35 bits per heavy atom. The summed E-state index contributed by atoms with van der Waals surface area (Å²) in [5, 5.41) is 14.1. The van der Waals surface area contributed by atoms with E-state index < -0.39 is 0 Å². The van der Waals surface area contributed by atoms with Gasteiger partial charge < -0.3 is 5.11 Å². The second kappa shape index (κ2) is 4.08. The van der Waals surface area contributed by atoms with Gasteiger partial charge in [0.05, 0.1) is 22.6 Å². The van der Waals surface area contributed by atoms with Crippen LogP contribution in [0.2, 0.25) is 5.02 Å². The molecule has 0 spiro atoms. The highest BCUT2D eigenvalue weighted by molar-refractivity contribution is 6.32. The highest BCUT2D eigenvalue weighted by atomic mass is 35.5. The number of aromatic nitrogens is 2. The van der Waals surface area contributed by atoms with Crippen LogP contribution in [0.3, 0.4) is 0 Å². The monoisotopic (exact) mass is 249 g/mol. The van der Waals surface area contributed by atoms with Gasteiger partial charge in [0, 0.05) is 5.41 Å². The summed E-state index contributed by atoms with van der Waals surface area (Å²) < 4.78 is 1.63. The maximum absolute atomic E-state index is 9.35. The van der Waals surface area contributed by atoms with Crippen molar-refractivity contribution in [1.29, 1.82) is 0 Å². The molecule has 1 N–H and O–H groups in total. The van der Waals surface area contributed by atoms with Crippen LogP contribution < -0.4 is 0 Å². The van der Waals surface area contributed by atoms with E-state index in [-0.39, 0.29) is 11.2 Å². The van der Waals surface area contributed by atoms with Crippen LogP contribution in [-0.4, -0.2) is 14.9 Å². The first kappa shape index (κ1) is 12.0. The molecule has 0 aliphatic rings.